The first kappa shape index (κ1) is 17.4. The van der Waals surface area contributed by atoms with Gasteiger partial charge < -0.3 is 14.3 Å². The molecule has 1 aliphatic carbocycles. The van der Waals surface area contributed by atoms with Crippen LogP contribution < -0.4 is 0 Å². The summed E-state index contributed by atoms with van der Waals surface area (Å²) in [5.41, 5.74) is 2.11. The lowest BCUT2D eigenvalue weighted by Gasteiger charge is -2.39. The second-order valence-corrected chi connectivity index (χ2v) is 6.24. The number of hydrogen-bond acceptors (Lipinski definition) is 4. The number of ether oxygens (including phenoxy) is 1. The molecule has 1 aromatic carbocycles. The normalized spacial score (nSPS) is 27.2. The van der Waals surface area contributed by atoms with Crippen LogP contribution >= 0.6 is 0 Å². The summed E-state index contributed by atoms with van der Waals surface area (Å²) in [5, 5.41) is 0. The third kappa shape index (κ3) is 3.87. The molecule has 0 heterocycles. The molecule has 4 nitrogen and oxygen atoms in total. The summed E-state index contributed by atoms with van der Waals surface area (Å²) in [7, 11) is 0. The Hall–Kier alpha value is -1.97. The molecule has 0 aromatic heterocycles. The lowest BCUT2D eigenvalue weighted by atomic mass is 9.63. The molecule has 0 spiro atoms. The van der Waals surface area contributed by atoms with Gasteiger partial charge in [0.05, 0.1) is 6.61 Å². The minimum Gasteiger partial charge on any atom is -0.466 e. The number of aldehydes is 2. The van der Waals surface area contributed by atoms with Crippen molar-refractivity contribution in [2.75, 3.05) is 6.61 Å². The third-order valence-corrected chi connectivity index (χ3v) is 4.90. The van der Waals surface area contributed by atoms with E-state index < -0.39 is 0 Å². The fourth-order valence-electron chi connectivity index (χ4n) is 3.78. The van der Waals surface area contributed by atoms with Crippen LogP contribution in [-0.2, 0) is 19.1 Å². The van der Waals surface area contributed by atoms with Crippen molar-refractivity contribution in [1.82, 2.24) is 0 Å². The van der Waals surface area contributed by atoms with Crippen molar-refractivity contribution in [1.29, 1.82) is 0 Å². The highest BCUT2D eigenvalue weighted by Crippen LogP contribution is 2.45. The van der Waals surface area contributed by atoms with Crippen molar-refractivity contribution in [3.05, 3.63) is 35.4 Å². The topological polar surface area (TPSA) is 60.4 Å². The van der Waals surface area contributed by atoms with Crippen LogP contribution in [0.15, 0.2) is 24.3 Å². The van der Waals surface area contributed by atoms with Gasteiger partial charge in [0.1, 0.15) is 12.6 Å². The summed E-state index contributed by atoms with van der Waals surface area (Å²) < 4.78 is 5.03. The highest BCUT2D eigenvalue weighted by Gasteiger charge is 2.41. The van der Waals surface area contributed by atoms with Gasteiger partial charge in [-0.3, -0.25) is 4.79 Å². The number of carbonyl (C=O) groups is 3. The first-order chi connectivity index (χ1) is 11.1. The van der Waals surface area contributed by atoms with Crippen molar-refractivity contribution < 1.29 is 19.1 Å². The zero-order valence-electron chi connectivity index (χ0n) is 13.7. The Morgan fingerprint density at radius 1 is 1.22 bits per heavy atom. The molecule has 0 radical (unpaired) electrons. The summed E-state index contributed by atoms with van der Waals surface area (Å²) in [6.07, 6.45) is 3.54. The van der Waals surface area contributed by atoms with Gasteiger partial charge in [0.25, 0.3) is 0 Å². The molecule has 0 unspecified atom stereocenters. The van der Waals surface area contributed by atoms with Crippen LogP contribution in [0.2, 0.25) is 0 Å². The van der Waals surface area contributed by atoms with E-state index in [4.69, 9.17) is 4.74 Å². The molecular formula is C19H24O4. The largest absolute Gasteiger partial charge is 0.466 e. The Balaban J connectivity index is 2.31. The van der Waals surface area contributed by atoms with E-state index >= 15 is 0 Å². The molecule has 4 atom stereocenters. The van der Waals surface area contributed by atoms with Crippen molar-refractivity contribution in [3.63, 3.8) is 0 Å². The molecule has 4 heteroatoms. The minimum absolute atomic E-state index is 0.0626. The number of benzene rings is 1. The standard InChI is InChI=1S/C19H24O4/c1-3-23-18(22)10-14-8-9-15(11-20)19(17(14)12-21)16-7-5-4-6-13(16)2/h4-7,11-12,14-15,17,19H,3,8-10H2,1-2H3/t14-,15-,17-,19+/m0/s1. The van der Waals surface area contributed by atoms with E-state index in [1.165, 1.54) is 0 Å². The van der Waals surface area contributed by atoms with Crippen molar-refractivity contribution in [2.45, 2.75) is 39.0 Å². The van der Waals surface area contributed by atoms with E-state index in [0.29, 0.717) is 19.4 Å². The van der Waals surface area contributed by atoms with E-state index in [9.17, 15) is 14.4 Å². The third-order valence-electron chi connectivity index (χ3n) is 4.90. The monoisotopic (exact) mass is 316 g/mol. The van der Waals surface area contributed by atoms with Crippen LogP contribution in [0, 0.1) is 24.7 Å². The van der Waals surface area contributed by atoms with Crippen molar-refractivity contribution >= 4 is 18.5 Å². The molecule has 1 saturated carbocycles. The summed E-state index contributed by atoms with van der Waals surface area (Å²) in [5.74, 6) is -0.988. The molecule has 0 saturated heterocycles. The van der Waals surface area contributed by atoms with Crippen molar-refractivity contribution in [2.24, 2.45) is 17.8 Å². The Bertz CT molecular complexity index is 566. The van der Waals surface area contributed by atoms with Crippen LogP contribution in [0.3, 0.4) is 0 Å². The maximum Gasteiger partial charge on any atom is 0.306 e. The summed E-state index contributed by atoms with van der Waals surface area (Å²) in [6.45, 7) is 4.11. The molecule has 0 N–H and O–H groups in total. The SMILES string of the molecule is CCOC(=O)C[C@@H]1CC[C@@H](C=O)[C@H](c2ccccc2C)[C@H]1C=O. The van der Waals surface area contributed by atoms with E-state index in [-0.39, 0.29) is 36.1 Å². The Morgan fingerprint density at radius 3 is 2.57 bits per heavy atom. The zero-order valence-corrected chi connectivity index (χ0v) is 13.7. The first-order valence-corrected chi connectivity index (χ1v) is 8.24. The lowest BCUT2D eigenvalue weighted by molar-refractivity contribution is -0.145. The van der Waals surface area contributed by atoms with Gasteiger partial charge in [0.2, 0.25) is 0 Å². The van der Waals surface area contributed by atoms with Crippen LogP contribution in [0.5, 0.6) is 0 Å². The van der Waals surface area contributed by atoms with E-state index in [2.05, 4.69) is 0 Å². The average molecular weight is 316 g/mol. The number of rotatable bonds is 6. The fourth-order valence-corrected chi connectivity index (χ4v) is 3.78. The fraction of sp³-hybridized carbons (Fsp3) is 0.526. The quantitative estimate of drug-likeness (QED) is 0.598. The molecule has 0 aliphatic heterocycles. The predicted octanol–water partition coefficient (Wildman–Crippen LogP) is 3.07. The van der Waals surface area contributed by atoms with Gasteiger partial charge in [-0.25, -0.2) is 0 Å². The molecule has 1 aromatic rings. The number of esters is 1. The minimum atomic E-state index is -0.329. The van der Waals surface area contributed by atoms with Crippen LogP contribution in [0.4, 0.5) is 0 Å². The number of carbonyl (C=O) groups excluding carboxylic acids is 3. The van der Waals surface area contributed by atoms with E-state index in [1.807, 2.05) is 31.2 Å². The summed E-state index contributed by atoms with van der Waals surface area (Å²) in [6, 6.07) is 7.86. The van der Waals surface area contributed by atoms with Gasteiger partial charge in [-0.1, -0.05) is 24.3 Å². The summed E-state index contributed by atoms with van der Waals surface area (Å²) >= 11 is 0. The van der Waals surface area contributed by atoms with Gasteiger partial charge in [0.15, 0.2) is 0 Å². The molecular weight excluding hydrogens is 292 g/mol. The first-order valence-electron chi connectivity index (χ1n) is 8.24. The maximum absolute atomic E-state index is 11.8. The van der Waals surface area contributed by atoms with E-state index in [0.717, 1.165) is 23.7 Å². The van der Waals surface area contributed by atoms with Gasteiger partial charge in [0, 0.05) is 24.2 Å². The second kappa shape index (κ2) is 8.04. The van der Waals surface area contributed by atoms with Crippen LogP contribution in [-0.4, -0.2) is 25.1 Å². The van der Waals surface area contributed by atoms with Crippen molar-refractivity contribution in [3.8, 4) is 0 Å². The average Bonchev–Trinajstić information content (AvgIpc) is 2.55. The molecule has 124 valence electrons. The molecule has 23 heavy (non-hydrogen) atoms. The Morgan fingerprint density at radius 2 is 1.96 bits per heavy atom. The van der Waals surface area contributed by atoms with Gasteiger partial charge in [-0.05, 0) is 43.7 Å². The summed E-state index contributed by atoms with van der Waals surface area (Å²) in [4.78, 5) is 35.2. The second-order valence-electron chi connectivity index (χ2n) is 6.24. The van der Waals surface area contributed by atoms with E-state index in [1.54, 1.807) is 6.92 Å². The highest BCUT2D eigenvalue weighted by atomic mass is 16.5. The van der Waals surface area contributed by atoms with Gasteiger partial charge >= 0.3 is 5.97 Å². The van der Waals surface area contributed by atoms with Gasteiger partial charge in [-0.2, -0.15) is 0 Å². The molecule has 0 amide bonds. The zero-order chi connectivity index (χ0) is 16.8. The predicted molar refractivity (Wildman–Crippen MR) is 87.0 cm³/mol. The molecule has 1 aliphatic rings. The molecule has 2 rings (SSSR count). The lowest BCUT2D eigenvalue weighted by Crippen LogP contribution is -2.36. The van der Waals surface area contributed by atoms with Gasteiger partial charge in [-0.15, -0.1) is 0 Å². The van der Waals surface area contributed by atoms with Crippen LogP contribution in [0.25, 0.3) is 0 Å². The highest BCUT2D eigenvalue weighted by molar-refractivity contribution is 5.71. The molecule has 0 bridgehead atoms. The number of hydrogen-bond donors (Lipinski definition) is 0. The smallest absolute Gasteiger partial charge is 0.306 e. The molecule has 1 fully saturated rings. The maximum atomic E-state index is 11.8. The number of aryl methyl sites for hydroxylation is 1. The Kier molecular flexibility index (Phi) is 6.08. The van der Waals surface area contributed by atoms with Crippen LogP contribution in [0.1, 0.15) is 43.2 Å². The Labute approximate surface area is 137 Å².